The average Bonchev–Trinajstić information content (AvgIpc) is 3.66. The second-order valence-corrected chi connectivity index (χ2v) is 11.6. The average molecular weight is 540 g/mol. The standard InChI is InChI=1S/C39H29N3/c1-25(2)40-38-23-26(41-34-15-7-3-11-28(34)29-12-4-8-16-35(29)41)19-21-32(38)33-22-20-27(24-39(33)40)42-36-17-9-5-13-30(36)31-14-6-10-18-37(31)42/h3-25H,1-2H3. The van der Waals surface area contributed by atoms with E-state index in [0.29, 0.717) is 6.04 Å². The Hall–Kier alpha value is -5.28. The molecule has 0 atom stereocenters. The fraction of sp³-hybridized carbons (Fsp3) is 0.0769. The van der Waals surface area contributed by atoms with Gasteiger partial charge in [0.05, 0.1) is 33.1 Å². The van der Waals surface area contributed by atoms with Crippen LogP contribution in [0.5, 0.6) is 0 Å². The molecule has 0 amide bonds. The lowest BCUT2D eigenvalue weighted by Crippen LogP contribution is -2.02. The molecule has 0 aliphatic carbocycles. The van der Waals surface area contributed by atoms with Crippen molar-refractivity contribution in [1.82, 2.24) is 13.7 Å². The van der Waals surface area contributed by atoms with Gasteiger partial charge in [0.25, 0.3) is 0 Å². The number of fused-ring (bicyclic) bond motifs is 9. The number of benzene rings is 6. The van der Waals surface area contributed by atoms with Crippen LogP contribution in [-0.4, -0.2) is 13.7 Å². The SMILES string of the molecule is CC(C)n1c2cc(-n3c4ccccc4c4ccccc43)ccc2c2ccc(-n3c4ccccc4c4ccccc43)cc21. The first-order valence-corrected chi connectivity index (χ1v) is 14.7. The zero-order chi connectivity index (χ0) is 27.9. The predicted molar refractivity (Wildman–Crippen MR) is 179 cm³/mol. The molecule has 3 aromatic heterocycles. The Kier molecular flexibility index (Phi) is 4.80. The highest BCUT2D eigenvalue weighted by Gasteiger charge is 2.18. The van der Waals surface area contributed by atoms with E-state index in [0.717, 1.165) is 0 Å². The van der Waals surface area contributed by atoms with Crippen LogP contribution in [0.3, 0.4) is 0 Å². The van der Waals surface area contributed by atoms with Gasteiger partial charge in [-0.3, -0.25) is 0 Å². The van der Waals surface area contributed by atoms with Crippen molar-refractivity contribution >= 4 is 65.4 Å². The van der Waals surface area contributed by atoms with Gasteiger partial charge in [-0.25, -0.2) is 0 Å². The van der Waals surface area contributed by atoms with Crippen LogP contribution in [0.15, 0.2) is 133 Å². The summed E-state index contributed by atoms with van der Waals surface area (Å²) >= 11 is 0. The first kappa shape index (κ1) is 23.4. The molecule has 0 saturated carbocycles. The maximum atomic E-state index is 2.51. The van der Waals surface area contributed by atoms with E-state index >= 15 is 0 Å². The Morgan fingerprint density at radius 3 is 1.00 bits per heavy atom. The van der Waals surface area contributed by atoms with Crippen molar-refractivity contribution in [2.45, 2.75) is 19.9 Å². The Bertz CT molecular complexity index is 2220. The summed E-state index contributed by atoms with van der Waals surface area (Å²) in [6.07, 6.45) is 0. The van der Waals surface area contributed by atoms with Gasteiger partial charge in [0.15, 0.2) is 0 Å². The zero-order valence-electron chi connectivity index (χ0n) is 23.6. The van der Waals surface area contributed by atoms with E-state index in [2.05, 4.69) is 161 Å². The molecule has 0 spiro atoms. The summed E-state index contributed by atoms with van der Waals surface area (Å²) in [7, 11) is 0. The molecule has 42 heavy (non-hydrogen) atoms. The highest BCUT2D eigenvalue weighted by molar-refractivity contribution is 6.13. The van der Waals surface area contributed by atoms with Crippen molar-refractivity contribution in [3.63, 3.8) is 0 Å². The second-order valence-electron chi connectivity index (χ2n) is 11.6. The summed E-state index contributed by atoms with van der Waals surface area (Å²) < 4.78 is 7.34. The van der Waals surface area contributed by atoms with Crippen molar-refractivity contribution < 1.29 is 0 Å². The molecule has 3 heteroatoms. The second kappa shape index (κ2) is 8.61. The molecule has 9 rings (SSSR count). The quantitative estimate of drug-likeness (QED) is 0.212. The molecule has 3 nitrogen and oxygen atoms in total. The first-order chi connectivity index (χ1) is 20.7. The van der Waals surface area contributed by atoms with Crippen LogP contribution in [-0.2, 0) is 0 Å². The maximum Gasteiger partial charge on any atom is 0.0541 e. The van der Waals surface area contributed by atoms with Crippen molar-refractivity contribution in [3.05, 3.63) is 133 Å². The van der Waals surface area contributed by atoms with Crippen molar-refractivity contribution in [1.29, 1.82) is 0 Å². The van der Waals surface area contributed by atoms with Gasteiger partial charge in [-0.1, -0.05) is 84.9 Å². The van der Waals surface area contributed by atoms with E-state index in [1.165, 1.54) is 76.8 Å². The van der Waals surface area contributed by atoms with E-state index in [-0.39, 0.29) is 0 Å². The smallest absolute Gasteiger partial charge is 0.0541 e. The highest BCUT2D eigenvalue weighted by atomic mass is 15.0. The molecule has 0 N–H and O–H groups in total. The van der Waals surface area contributed by atoms with Gasteiger partial charge in [0.1, 0.15) is 0 Å². The molecule has 0 unspecified atom stereocenters. The summed E-state index contributed by atoms with van der Waals surface area (Å²) in [5.74, 6) is 0. The normalized spacial score (nSPS) is 12.3. The highest BCUT2D eigenvalue weighted by Crippen LogP contribution is 2.39. The number of aromatic nitrogens is 3. The van der Waals surface area contributed by atoms with Gasteiger partial charge in [0.2, 0.25) is 0 Å². The minimum atomic E-state index is 0.298. The lowest BCUT2D eigenvalue weighted by Gasteiger charge is -2.14. The molecule has 0 bridgehead atoms. The predicted octanol–water partition coefficient (Wildman–Crippen LogP) is 10.6. The van der Waals surface area contributed by atoms with Gasteiger partial charge < -0.3 is 13.7 Å². The lowest BCUT2D eigenvalue weighted by atomic mass is 10.1. The van der Waals surface area contributed by atoms with E-state index in [4.69, 9.17) is 0 Å². The summed E-state index contributed by atoms with van der Waals surface area (Å²) in [5, 5.41) is 7.72. The van der Waals surface area contributed by atoms with Gasteiger partial charge >= 0.3 is 0 Å². The Balaban J connectivity index is 1.33. The number of rotatable bonds is 3. The lowest BCUT2D eigenvalue weighted by molar-refractivity contribution is 0.642. The molecule has 0 aliphatic rings. The molecule has 9 aromatic rings. The summed E-state index contributed by atoms with van der Waals surface area (Å²) in [6.45, 7) is 4.58. The van der Waals surface area contributed by atoms with Gasteiger partial charge in [-0.15, -0.1) is 0 Å². The third kappa shape index (κ3) is 3.11. The summed E-state index contributed by atoms with van der Waals surface area (Å²) in [5.41, 5.74) is 9.84. The van der Waals surface area contributed by atoms with Crippen molar-refractivity contribution in [2.24, 2.45) is 0 Å². The van der Waals surface area contributed by atoms with Crippen molar-refractivity contribution in [3.8, 4) is 11.4 Å². The molecular formula is C39H29N3. The first-order valence-electron chi connectivity index (χ1n) is 14.7. The van der Waals surface area contributed by atoms with Crippen LogP contribution in [0.4, 0.5) is 0 Å². The van der Waals surface area contributed by atoms with Crippen LogP contribution in [0.2, 0.25) is 0 Å². The van der Waals surface area contributed by atoms with Crippen LogP contribution >= 0.6 is 0 Å². The topological polar surface area (TPSA) is 14.8 Å². The minimum absolute atomic E-state index is 0.298. The molecular weight excluding hydrogens is 510 g/mol. The summed E-state index contributed by atoms with van der Waals surface area (Å²) in [6, 6.07) is 49.2. The van der Waals surface area contributed by atoms with E-state index in [1.807, 2.05) is 0 Å². The van der Waals surface area contributed by atoms with Crippen LogP contribution in [0.25, 0.3) is 76.8 Å². The van der Waals surface area contributed by atoms with Crippen LogP contribution in [0, 0.1) is 0 Å². The number of hydrogen-bond acceptors (Lipinski definition) is 0. The van der Waals surface area contributed by atoms with Gasteiger partial charge in [-0.05, 0) is 62.4 Å². The maximum absolute atomic E-state index is 2.51. The fourth-order valence-corrected chi connectivity index (χ4v) is 7.26. The largest absolute Gasteiger partial charge is 0.338 e. The minimum Gasteiger partial charge on any atom is -0.338 e. The molecule has 6 aromatic carbocycles. The fourth-order valence-electron chi connectivity index (χ4n) is 7.26. The zero-order valence-corrected chi connectivity index (χ0v) is 23.6. The monoisotopic (exact) mass is 539 g/mol. The summed E-state index contributed by atoms with van der Waals surface area (Å²) in [4.78, 5) is 0. The van der Waals surface area contributed by atoms with Crippen molar-refractivity contribution in [2.75, 3.05) is 0 Å². The molecule has 0 saturated heterocycles. The third-order valence-electron chi connectivity index (χ3n) is 8.96. The van der Waals surface area contributed by atoms with E-state index in [9.17, 15) is 0 Å². The Morgan fingerprint density at radius 2 is 0.667 bits per heavy atom. The van der Waals surface area contributed by atoms with Crippen LogP contribution < -0.4 is 0 Å². The molecule has 0 fully saturated rings. The van der Waals surface area contributed by atoms with Gasteiger partial charge in [-0.2, -0.15) is 0 Å². The van der Waals surface area contributed by atoms with E-state index < -0.39 is 0 Å². The Morgan fingerprint density at radius 1 is 0.357 bits per heavy atom. The number of hydrogen-bond donors (Lipinski definition) is 0. The van der Waals surface area contributed by atoms with E-state index in [1.54, 1.807) is 0 Å². The van der Waals surface area contributed by atoms with Crippen LogP contribution in [0.1, 0.15) is 19.9 Å². The third-order valence-corrected chi connectivity index (χ3v) is 8.96. The molecule has 0 radical (unpaired) electrons. The molecule has 200 valence electrons. The van der Waals surface area contributed by atoms with Gasteiger partial charge in [0, 0.05) is 49.7 Å². The Labute approximate surface area is 243 Å². The number of para-hydroxylation sites is 4. The number of nitrogens with zero attached hydrogens (tertiary/aromatic N) is 3. The molecule has 3 heterocycles. The molecule has 0 aliphatic heterocycles.